The molecule has 0 amide bonds. The highest BCUT2D eigenvalue weighted by atomic mass is 35.5. The molecule has 1 heterocycles. The smallest absolute Gasteiger partial charge is 0.387 e. The Balaban J connectivity index is 2.15. The Morgan fingerprint density at radius 3 is 2.75 bits per heavy atom. The van der Waals surface area contributed by atoms with Crippen molar-refractivity contribution in [1.29, 1.82) is 0 Å². The Morgan fingerprint density at radius 1 is 1.30 bits per heavy atom. The molecule has 0 atom stereocenters. The van der Waals surface area contributed by atoms with Gasteiger partial charge in [0.15, 0.2) is 5.15 Å². The summed E-state index contributed by atoms with van der Waals surface area (Å²) in [6, 6.07) is 8.43. The molecule has 6 heteroatoms. The van der Waals surface area contributed by atoms with Crippen molar-refractivity contribution in [3.05, 3.63) is 52.8 Å². The zero-order valence-corrected chi connectivity index (χ0v) is 11.5. The SMILES string of the molecule is Cc1ccnc(Cl)c1NCc1ccccc1OC(F)F. The molecule has 2 rings (SSSR count). The number of rotatable bonds is 5. The molecular formula is C14H13ClF2N2O. The Labute approximate surface area is 120 Å². The predicted octanol–water partition coefficient (Wildman–Crippen LogP) is 4.26. The lowest BCUT2D eigenvalue weighted by atomic mass is 10.2. The van der Waals surface area contributed by atoms with Crippen molar-refractivity contribution in [1.82, 2.24) is 4.98 Å². The van der Waals surface area contributed by atoms with Gasteiger partial charge in [0.1, 0.15) is 5.75 Å². The van der Waals surface area contributed by atoms with Crippen molar-refractivity contribution in [3.8, 4) is 5.75 Å². The summed E-state index contributed by atoms with van der Waals surface area (Å²) in [6.45, 7) is -0.646. The summed E-state index contributed by atoms with van der Waals surface area (Å²) in [7, 11) is 0. The van der Waals surface area contributed by atoms with Gasteiger partial charge in [0, 0.05) is 18.3 Å². The Morgan fingerprint density at radius 2 is 2.05 bits per heavy atom. The molecular weight excluding hydrogens is 286 g/mol. The van der Waals surface area contributed by atoms with Gasteiger partial charge in [-0.1, -0.05) is 29.8 Å². The van der Waals surface area contributed by atoms with Gasteiger partial charge in [-0.25, -0.2) is 4.98 Å². The van der Waals surface area contributed by atoms with E-state index in [2.05, 4.69) is 15.0 Å². The number of hydrogen-bond acceptors (Lipinski definition) is 3. The predicted molar refractivity (Wildman–Crippen MR) is 74.4 cm³/mol. The summed E-state index contributed by atoms with van der Waals surface area (Å²) in [5.41, 5.74) is 2.23. The quantitative estimate of drug-likeness (QED) is 0.838. The number of nitrogens with one attached hydrogen (secondary N) is 1. The van der Waals surface area contributed by atoms with Crippen molar-refractivity contribution < 1.29 is 13.5 Å². The van der Waals surface area contributed by atoms with E-state index in [1.807, 2.05) is 13.0 Å². The number of aryl methyl sites for hydroxylation is 1. The number of hydrogen-bond donors (Lipinski definition) is 1. The molecule has 1 N–H and O–H groups in total. The maximum Gasteiger partial charge on any atom is 0.387 e. The van der Waals surface area contributed by atoms with E-state index in [1.165, 1.54) is 6.07 Å². The molecule has 1 aromatic heterocycles. The Kier molecular flexibility index (Phi) is 4.74. The first kappa shape index (κ1) is 14.5. The van der Waals surface area contributed by atoms with Crippen molar-refractivity contribution in [2.24, 2.45) is 0 Å². The van der Waals surface area contributed by atoms with Crippen LogP contribution >= 0.6 is 11.6 Å². The first-order valence-corrected chi connectivity index (χ1v) is 6.33. The fourth-order valence-electron chi connectivity index (χ4n) is 1.78. The lowest BCUT2D eigenvalue weighted by Gasteiger charge is -2.13. The molecule has 106 valence electrons. The minimum Gasteiger partial charge on any atom is -0.434 e. The van der Waals surface area contributed by atoms with Crippen LogP contribution in [-0.4, -0.2) is 11.6 Å². The van der Waals surface area contributed by atoms with E-state index in [9.17, 15) is 8.78 Å². The first-order chi connectivity index (χ1) is 9.58. The van der Waals surface area contributed by atoms with Crippen LogP contribution in [0.4, 0.5) is 14.5 Å². The van der Waals surface area contributed by atoms with Gasteiger partial charge in [-0.2, -0.15) is 8.78 Å². The lowest BCUT2D eigenvalue weighted by molar-refractivity contribution is -0.0504. The van der Waals surface area contributed by atoms with Crippen LogP contribution in [0.5, 0.6) is 5.75 Å². The summed E-state index contributed by atoms with van der Waals surface area (Å²) in [4.78, 5) is 3.97. The molecule has 0 aliphatic heterocycles. The fourth-order valence-corrected chi connectivity index (χ4v) is 2.05. The monoisotopic (exact) mass is 298 g/mol. The number of aromatic nitrogens is 1. The van der Waals surface area contributed by atoms with E-state index in [1.54, 1.807) is 24.4 Å². The molecule has 0 saturated heterocycles. The summed E-state index contributed by atoms with van der Waals surface area (Å²) >= 11 is 6.00. The second-order valence-electron chi connectivity index (χ2n) is 4.13. The minimum atomic E-state index is -2.85. The largest absolute Gasteiger partial charge is 0.434 e. The highest BCUT2D eigenvalue weighted by Gasteiger charge is 2.10. The average Bonchev–Trinajstić information content (AvgIpc) is 2.39. The molecule has 1 aromatic carbocycles. The lowest BCUT2D eigenvalue weighted by Crippen LogP contribution is -2.08. The molecule has 3 nitrogen and oxygen atoms in total. The zero-order valence-electron chi connectivity index (χ0n) is 10.7. The average molecular weight is 299 g/mol. The van der Waals surface area contributed by atoms with E-state index in [4.69, 9.17) is 11.6 Å². The number of anilines is 1. The topological polar surface area (TPSA) is 34.2 Å². The van der Waals surface area contributed by atoms with Crippen molar-refractivity contribution >= 4 is 17.3 Å². The third kappa shape index (κ3) is 3.57. The van der Waals surface area contributed by atoms with Gasteiger partial charge in [0.2, 0.25) is 0 Å². The van der Waals surface area contributed by atoms with E-state index in [0.29, 0.717) is 22.9 Å². The van der Waals surface area contributed by atoms with Crippen LogP contribution in [0.25, 0.3) is 0 Å². The Hall–Kier alpha value is -1.88. The first-order valence-electron chi connectivity index (χ1n) is 5.95. The zero-order chi connectivity index (χ0) is 14.5. The third-order valence-corrected chi connectivity index (χ3v) is 3.04. The molecule has 2 aromatic rings. The molecule has 0 saturated carbocycles. The molecule has 0 aliphatic carbocycles. The number of halogens is 3. The number of para-hydroxylation sites is 1. The molecule has 20 heavy (non-hydrogen) atoms. The summed E-state index contributed by atoms with van der Waals surface area (Å²) < 4.78 is 29.1. The van der Waals surface area contributed by atoms with Gasteiger partial charge in [0.05, 0.1) is 5.69 Å². The Bertz CT molecular complexity index is 573. The second-order valence-corrected chi connectivity index (χ2v) is 4.49. The summed E-state index contributed by atoms with van der Waals surface area (Å²) in [5, 5.41) is 3.44. The molecule has 0 spiro atoms. The number of pyridine rings is 1. The van der Waals surface area contributed by atoms with E-state index in [-0.39, 0.29) is 5.75 Å². The van der Waals surface area contributed by atoms with Crippen LogP contribution in [0, 0.1) is 6.92 Å². The second kappa shape index (κ2) is 6.52. The van der Waals surface area contributed by atoms with Gasteiger partial charge in [-0.05, 0) is 24.6 Å². The normalized spacial score (nSPS) is 10.7. The minimum absolute atomic E-state index is 0.146. The van der Waals surface area contributed by atoms with Crippen molar-refractivity contribution in [2.45, 2.75) is 20.1 Å². The van der Waals surface area contributed by atoms with Crippen LogP contribution in [0.3, 0.4) is 0 Å². The van der Waals surface area contributed by atoms with Crippen LogP contribution in [0.15, 0.2) is 36.5 Å². The third-order valence-electron chi connectivity index (χ3n) is 2.76. The molecule has 0 unspecified atom stereocenters. The van der Waals surface area contributed by atoms with Crippen LogP contribution in [-0.2, 0) is 6.54 Å². The van der Waals surface area contributed by atoms with Crippen LogP contribution < -0.4 is 10.1 Å². The van der Waals surface area contributed by atoms with Gasteiger partial charge >= 0.3 is 6.61 Å². The van der Waals surface area contributed by atoms with E-state index in [0.717, 1.165) is 5.56 Å². The maximum absolute atomic E-state index is 12.3. The van der Waals surface area contributed by atoms with Gasteiger partial charge in [-0.15, -0.1) is 0 Å². The number of ether oxygens (including phenoxy) is 1. The van der Waals surface area contributed by atoms with E-state index >= 15 is 0 Å². The molecule has 0 aliphatic rings. The molecule has 0 bridgehead atoms. The highest BCUT2D eigenvalue weighted by Crippen LogP contribution is 2.26. The standard InChI is InChI=1S/C14H13ClF2N2O/c1-9-6-7-18-13(15)12(9)19-8-10-4-2-3-5-11(10)20-14(16)17/h2-7,14,19H,8H2,1H3. The van der Waals surface area contributed by atoms with Gasteiger partial charge in [0.25, 0.3) is 0 Å². The molecule has 0 radical (unpaired) electrons. The van der Waals surface area contributed by atoms with Gasteiger partial charge in [-0.3, -0.25) is 0 Å². The fraction of sp³-hybridized carbons (Fsp3) is 0.214. The van der Waals surface area contributed by atoms with Crippen molar-refractivity contribution in [2.75, 3.05) is 5.32 Å². The summed E-state index contributed by atoms with van der Waals surface area (Å²) in [5.74, 6) is 0.146. The number of alkyl halides is 2. The van der Waals surface area contributed by atoms with Crippen molar-refractivity contribution in [3.63, 3.8) is 0 Å². The molecule has 0 fully saturated rings. The summed E-state index contributed by atoms with van der Waals surface area (Å²) in [6.07, 6.45) is 1.61. The van der Waals surface area contributed by atoms with Gasteiger partial charge < -0.3 is 10.1 Å². The highest BCUT2D eigenvalue weighted by molar-refractivity contribution is 6.32. The van der Waals surface area contributed by atoms with E-state index < -0.39 is 6.61 Å². The number of benzene rings is 1. The van der Waals surface area contributed by atoms with Crippen LogP contribution in [0.2, 0.25) is 5.15 Å². The maximum atomic E-state index is 12.3. The van der Waals surface area contributed by atoms with Crippen LogP contribution in [0.1, 0.15) is 11.1 Å². The number of nitrogens with zero attached hydrogens (tertiary/aromatic N) is 1.